The van der Waals surface area contributed by atoms with Crippen molar-refractivity contribution in [1.82, 2.24) is 0 Å². The van der Waals surface area contributed by atoms with Gasteiger partial charge in [-0.2, -0.15) is 171 Å². The third-order valence-electron chi connectivity index (χ3n) is 6.54. The van der Waals surface area contributed by atoms with Crippen molar-refractivity contribution in [3.8, 4) is 0 Å². The maximum atomic E-state index is 16.1. The van der Waals surface area contributed by atoms with E-state index >= 15 is 13.2 Å². The number of alkyl halides is 40. The van der Waals surface area contributed by atoms with Crippen LogP contribution < -0.4 is 0 Å². The van der Waals surface area contributed by atoms with Gasteiger partial charge in [-0.3, -0.25) is 14.2 Å². The number of hydrogen-bond donors (Lipinski definition) is 0. The average molecular weight is 1040 g/mol. The van der Waals surface area contributed by atoms with Gasteiger partial charge in [-0.05, 0) is 0 Å². The first-order valence-corrected chi connectivity index (χ1v) is 12.5. The second-order valence-corrected chi connectivity index (χ2v) is 10.7. The Hall–Kier alpha value is -2.92. The molecule has 0 N–H and O–H groups in total. The van der Waals surface area contributed by atoms with Crippen molar-refractivity contribution in [2.75, 3.05) is 0 Å². The SMILES string of the molecule is FC(F)(F)C(F)(F)OC(OC(F)(F)C(F)(F)F)(OC(F)(F)C(F)(F)F)C(F)(C(F)(F)C(F)(F)C(F)(F)F)C(F)(F)C(F)(F)C(F)(F)C(F)(F)C(F)(F)C(F)(F)C(F)(F)C(F)(F)F. The molecule has 0 rings (SSSR count). The van der Waals surface area contributed by atoms with Crippen molar-refractivity contribution in [3.05, 3.63) is 0 Å². The molecule has 0 bridgehead atoms. The topological polar surface area (TPSA) is 27.7 Å². The van der Waals surface area contributed by atoms with E-state index in [9.17, 15) is 162 Å². The molecule has 1 atom stereocenters. The van der Waals surface area contributed by atoms with Crippen molar-refractivity contribution in [2.24, 2.45) is 0 Å². The molecule has 0 fully saturated rings. The predicted molar refractivity (Wildman–Crippen MR) is 99.5 cm³/mol. The minimum absolute atomic E-state index is 0.538. The van der Waals surface area contributed by atoms with E-state index in [1.807, 2.05) is 0 Å². The molecule has 0 saturated carbocycles. The molecule has 0 saturated heterocycles. The van der Waals surface area contributed by atoms with Crippen molar-refractivity contribution in [2.45, 2.75) is 114 Å². The van der Waals surface area contributed by atoms with Crippen LogP contribution in [0.15, 0.2) is 0 Å². The average Bonchev–Trinajstić information content (AvgIpc) is 2.95. The Labute approximate surface area is 305 Å². The number of ether oxygens (including phenoxy) is 3. The third kappa shape index (κ3) is 7.97. The fourth-order valence-corrected chi connectivity index (χ4v) is 3.31. The normalized spacial score (nSPS) is 18.0. The Morgan fingerprint density at radius 3 is 0.484 bits per heavy atom. The maximum absolute atomic E-state index is 16.1. The van der Waals surface area contributed by atoms with Crippen molar-refractivity contribution in [3.63, 3.8) is 0 Å². The Bertz CT molecular complexity index is 1510. The summed E-state index contributed by atoms with van der Waals surface area (Å²) in [4.78, 5) is 0. The fourth-order valence-electron chi connectivity index (χ4n) is 3.31. The lowest BCUT2D eigenvalue weighted by Crippen LogP contribution is -2.86. The lowest BCUT2D eigenvalue weighted by molar-refractivity contribution is -0.635. The quantitative estimate of drug-likeness (QED) is 0.114. The standard InChI is InChI=1S/C19F40O3/c20-1(3(23,24)9(35,36)11(39,40)41,2(21,22)4(25,26)5(27,28)6(29,30)7(31,32)8(33,34)10(37,38)12(42,43)44)19(60-16(54,55)13(45,46)47,61-17(56,57)14(48,49)50)62-18(58,59)15(51,52)53. The smallest absolute Gasteiger partial charge is 0.252 e. The number of rotatable bonds is 16. The van der Waals surface area contributed by atoms with Crippen LogP contribution in [0.3, 0.4) is 0 Å². The van der Waals surface area contributed by atoms with E-state index < -0.39 is 114 Å². The molecule has 0 aromatic carbocycles. The Kier molecular flexibility index (Phi) is 13.9. The zero-order valence-electron chi connectivity index (χ0n) is 25.8. The molecule has 1 unspecified atom stereocenters. The summed E-state index contributed by atoms with van der Waals surface area (Å²) in [5, 5.41) is 0. The molecule has 62 heavy (non-hydrogen) atoms. The van der Waals surface area contributed by atoms with E-state index in [1.54, 1.807) is 0 Å². The molecule has 0 aromatic rings. The summed E-state index contributed by atoms with van der Waals surface area (Å²) in [6.07, 6.45) is -73.8. The molecule has 0 spiro atoms. The van der Waals surface area contributed by atoms with E-state index in [4.69, 9.17) is 0 Å². The molecule has 0 aromatic heterocycles. The van der Waals surface area contributed by atoms with Gasteiger partial charge in [0, 0.05) is 0 Å². The highest BCUT2D eigenvalue weighted by Crippen LogP contribution is 2.71. The molecule has 43 heteroatoms. The zero-order chi connectivity index (χ0) is 51.6. The zero-order valence-corrected chi connectivity index (χ0v) is 25.8. The minimum Gasteiger partial charge on any atom is -0.252 e. The van der Waals surface area contributed by atoms with Gasteiger partial charge in [0.25, 0.3) is 0 Å². The molecule has 0 aliphatic carbocycles. The van der Waals surface area contributed by atoms with Crippen LogP contribution in [0.5, 0.6) is 0 Å². The Morgan fingerprint density at radius 1 is 0.161 bits per heavy atom. The lowest BCUT2D eigenvalue weighted by Gasteiger charge is -2.54. The second-order valence-electron chi connectivity index (χ2n) is 10.7. The van der Waals surface area contributed by atoms with E-state index in [1.165, 1.54) is 0 Å². The molecule has 3 nitrogen and oxygen atoms in total. The summed E-state index contributed by atoms with van der Waals surface area (Å²) in [6, 6.07) is 0. The highest BCUT2D eigenvalue weighted by Gasteiger charge is 3.04. The van der Waals surface area contributed by atoms with Crippen LogP contribution in [0.25, 0.3) is 0 Å². The van der Waals surface area contributed by atoms with E-state index in [0.717, 1.165) is 0 Å². The van der Waals surface area contributed by atoms with Gasteiger partial charge in [0.1, 0.15) is 0 Å². The Morgan fingerprint density at radius 2 is 0.306 bits per heavy atom. The molecule has 0 amide bonds. The summed E-state index contributed by atoms with van der Waals surface area (Å²) in [6.45, 7) is 0. The molecule has 0 radical (unpaired) electrons. The summed E-state index contributed by atoms with van der Waals surface area (Å²) < 4.78 is 546. The molecule has 0 aliphatic rings. The van der Waals surface area contributed by atoms with E-state index in [-0.39, 0.29) is 0 Å². The van der Waals surface area contributed by atoms with Gasteiger partial charge in [0.05, 0.1) is 0 Å². The molecule has 374 valence electrons. The van der Waals surface area contributed by atoms with Crippen molar-refractivity contribution >= 4 is 0 Å². The van der Waals surface area contributed by atoms with Gasteiger partial charge in [-0.15, -0.1) is 0 Å². The fraction of sp³-hybridized carbons (Fsp3) is 1.00. The number of halogens is 40. The van der Waals surface area contributed by atoms with Gasteiger partial charge < -0.3 is 0 Å². The molecule has 0 heterocycles. The minimum atomic E-state index is -11.8. The highest BCUT2D eigenvalue weighted by atomic mass is 19.5. The van der Waals surface area contributed by atoms with Crippen molar-refractivity contribution in [1.29, 1.82) is 0 Å². The van der Waals surface area contributed by atoms with Crippen LogP contribution in [0.1, 0.15) is 0 Å². The van der Waals surface area contributed by atoms with Crippen LogP contribution >= 0.6 is 0 Å². The highest BCUT2D eigenvalue weighted by molar-refractivity contribution is 5.25. The summed E-state index contributed by atoms with van der Waals surface area (Å²) in [5.74, 6) is -106. The first-order valence-electron chi connectivity index (χ1n) is 12.5. The van der Waals surface area contributed by atoms with E-state index in [0.29, 0.717) is 14.2 Å². The monoisotopic (exact) mass is 1040 g/mol. The van der Waals surface area contributed by atoms with Gasteiger partial charge in [-0.25, -0.2) is 4.39 Å². The van der Waals surface area contributed by atoms with Gasteiger partial charge in [0.2, 0.25) is 0 Å². The number of hydrogen-bond acceptors (Lipinski definition) is 3. The van der Waals surface area contributed by atoms with E-state index in [2.05, 4.69) is 0 Å². The molecular weight excluding hydrogens is 1040 g/mol. The molecule has 0 aliphatic heterocycles. The third-order valence-corrected chi connectivity index (χ3v) is 6.54. The van der Waals surface area contributed by atoms with Crippen molar-refractivity contribution < 1.29 is 190 Å². The van der Waals surface area contributed by atoms with Crippen LogP contribution in [0.4, 0.5) is 176 Å². The predicted octanol–water partition coefficient (Wildman–Crippen LogP) is 12.7. The maximum Gasteiger partial charge on any atom is 0.483 e. The van der Waals surface area contributed by atoms with Gasteiger partial charge in [0.15, 0.2) is 0 Å². The van der Waals surface area contributed by atoms with Gasteiger partial charge in [-0.1, -0.05) is 0 Å². The van der Waals surface area contributed by atoms with Crippen LogP contribution in [-0.4, -0.2) is 114 Å². The lowest BCUT2D eigenvalue weighted by atomic mass is 9.76. The van der Waals surface area contributed by atoms with Crippen LogP contribution in [0, 0.1) is 0 Å². The summed E-state index contributed by atoms with van der Waals surface area (Å²) >= 11 is 0. The van der Waals surface area contributed by atoms with Crippen LogP contribution in [-0.2, 0) is 14.2 Å². The largest absolute Gasteiger partial charge is 0.483 e. The summed E-state index contributed by atoms with van der Waals surface area (Å²) in [7, 11) is 0. The Balaban J connectivity index is 9.96. The first-order chi connectivity index (χ1) is 25.9. The molecular formula is C19F40O3. The van der Waals surface area contributed by atoms with Crippen LogP contribution in [0.2, 0.25) is 0 Å². The second kappa shape index (κ2) is 14.5. The van der Waals surface area contributed by atoms with Gasteiger partial charge >= 0.3 is 114 Å². The first kappa shape index (κ1) is 59.1. The summed E-state index contributed by atoms with van der Waals surface area (Å²) in [5.41, 5.74) is -11.8.